The Labute approximate surface area is 178 Å². The average Bonchev–Trinajstić information content (AvgIpc) is 2.75. The maximum atomic E-state index is 14.1. The van der Waals surface area contributed by atoms with Crippen molar-refractivity contribution in [2.75, 3.05) is 0 Å². The number of aliphatic carboxylic acids is 1. The lowest BCUT2D eigenvalue weighted by molar-refractivity contribution is -0.135. The zero-order chi connectivity index (χ0) is 23.4. The number of hydrogen-bond acceptors (Lipinski definition) is 5. The summed E-state index contributed by atoms with van der Waals surface area (Å²) in [5, 5.41) is 18.1. The third kappa shape index (κ3) is 4.69. The summed E-state index contributed by atoms with van der Waals surface area (Å²) in [7, 11) is 0. The summed E-state index contributed by atoms with van der Waals surface area (Å²) in [5.41, 5.74) is -2.66. The molecule has 0 aliphatic rings. The Balaban J connectivity index is 2.20. The molecule has 2 aromatic carbocycles. The molecule has 0 unspecified atom stereocenters. The molecule has 3 rings (SSSR count). The van der Waals surface area contributed by atoms with Gasteiger partial charge in [-0.25, -0.2) is 18.4 Å². The highest BCUT2D eigenvalue weighted by Crippen LogP contribution is 2.10. The first kappa shape index (κ1) is 22.3. The Morgan fingerprint density at radius 1 is 0.875 bits per heavy atom. The Hall–Kier alpha value is -4.34. The number of carbonyl (C=O) groups is 2. The van der Waals surface area contributed by atoms with Crippen LogP contribution in [0.3, 0.4) is 0 Å². The van der Waals surface area contributed by atoms with Crippen molar-refractivity contribution < 1.29 is 28.6 Å². The quantitative estimate of drug-likeness (QED) is 0.329. The van der Waals surface area contributed by atoms with Gasteiger partial charge in [-0.1, -0.05) is 36.4 Å². The number of aromatic nitrogens is 2. The van der Waals surface area contributed by atoms with Gasteiger partial charge in [-0.3, -0.25) is 18.7 Å². The van der Waals surface area contributed by atoms with Crippen LogP contribution in [0.15, 0.2) is 76.2 Å². The zero-order valence-corrected chi connectivity index (χ0v) is 16.4. The van der Waals surface area contributed by atoms with Crippen LogP contribution in [0.4, 0.5) is 8.78 Å². The Bertz CT molecular complexity index is 1360. The van der Waals surface area contributed by atoms with Crippen molar-refractivity contribution in [2.45, 2.75) is 13.1 Å². The fourth-order valence-electron chi connectivity index (χ4n) is 2.95. The highest BCUT2D eigenvalue weighted by atomic mass is 19.1. The average molecular weight is 442 g/mol. The highest BCUT2D eigenvalue weighted by Gasteiger charge is 2.19. The van der Waals surface area contributed by atoms with Crippen LogP contribution in [-0.2, 0) is 17.9 Å². The fraction of sp³-hybridized carbons (Fsp3) is 0.0909. The summed E-state index contributed by atoms with van der Waals surface area (Å²) in [6, 6.07) is 10.9. The minimum Gasteiger partial charge on any atom is -0.502 e. The van der Waals surface area contributed by atoms with E-state index in [-0.39, 0.29) is 17.7 Å². The van der Waals surface area contributed by atoms with Crippen LogP contribution in [-0.4, -0.2) is 31.1 Å². The number of allylic oxidation sites excluding steroid dienone is 1. The van der Waals surface area contributed by atoms with Crippen LogP contribution >= 0.6 is 0 Å². The summed E-state index contributed by atoms with van der Waals surface area (Å²) >= 11 is 0. The third-order valence-electron chi connectivity index (χ3n) is 4.57. The van der Waals surface area contributed by atoms with Crippen molar-refractivity contribution in [3.63, 3.8) is 0 Å². The molecule has 1 heterocycles. The first-order valence-corrected chi connectivity index (χ1v) is 9.18. The van der Waals surface area contributed by atoms with E-state index in [0.717, 1.165) is 22.9 Å². The fourth-order valence-corrected chi connectivity index (χ4v) is 2.95. The molecule has 0 fully saturated rings. The first-order valence-electron chi connectivity index (χ1n) is 9.18. The van der Waals surface area contributed by atoms with Crippen molar-refractivity contribution >= 4 is 11.8 Å². The number of ketones is 1. The molecule has 0 aliphatic heterocycles. The molecule has 3 aromatic rings. The van der Waals surface area contributed by atoms with Gasteiger partial charge in [0.1, 0.15) is 17.2 Å². The smallest absolute Gasteiger partial charge is 0.371 e. The van der Waals surface area contributed by atoms with Crippen LogP contribution in [0.2, 0.25) is 0 Å². The molecule has 32 heavy (non-hydrogen) atoms. The molecule has 0 amide bonds. The Kier molecular flexibility index (Phi) is 6.43. The van der Waals surface area contributed by atoms with Gasteiger partial charge >= 0.3 is 11.7 Å². The van der Waals surface area contributed by atoms with E-state index >= 15 is 0 Å². The van der Waals surface area contributed by atoms with Gasteiger partial charge in [-0.05, 0) is 12.1 Å². The van der Waals surface area contributed by atoms with Crippen molar-refractivity contribution in [1.29, 1.82) is 0 Å². The second-order valence-corrected chi connectivity index (χ2v) is 6.73. The van der Waals surface area contributed by atoms with E-state index in [1.807, 2.05) is 0 Å². The molecule has 1 aromatic heterocycles. The minimum atomic E-state index is -1.80. The molecular formula is C22H16F2N2O6. The summed E-state index contributed by atoms with van der Waals surface area (Å²) in [4.78, 5) is 49.0. The number of aliphatic hydroxyl groups excluding tert-OH is 1. The molecule has 0 saturated heterocycles. The molecular weight excluding hydrogens is 426 g/mol. The van der Waals surface area contributed by atoms with Gasteiger partial charge in [0, 0.05) is 23.4 Å². The third-order valence-corrected chi connectivity index (χ3v) is 4.57. The molecule has 10 heteroatoms. The number of rotatable bonds is 7. The van der Waals surface area contributed by atoms with Crippen molar-refractivity contribution in [2.24, 2.45) is 0 Å². The van der Waals surface area contributed by atoms with Crippen LogP contribution in [0, 0.1) is 11.6 Å². The van der Waals surface area contributed by atoms with Gasteiger partial charge in [0.15, 0.2) is 5.78 Å². The monoisotopic (exact) mass is 442 g/mol. The van der Waals surface area contributed by atoms with Crippen LogP contribution in [0.25, 0.3) is 0 Å². The van der Waals surface area contributed by atoms with Gasteiger partial charge < -0.3 is 10.2 Å². The molecule has 0 radical (unpaired) electrons. The number of aliphatic hydroxyl groups is 1. The predicted octanol–water partition coefficient (Wildman–Crippen LogP) is 2.09. The minimum absolute atomic E-state index is 0.0161. The van der Waals surface area contributed by atoms with E-state index in [0.29, 0.717) is 10.6 Å². The van der Waals surface area contributed by atoms with E-state index in [1.165, 1.54) is 36.4 Å². The lowest BCUT2D eigenvalue weighted by atomic mass is 10.1. The molecule has 8 nitrogen and oxygen atoms in total. The van der Waals surface area contributed by atoms with E-state index in [1.54, 1.807) is 0 Å². The molecule has 0 spiro atoms. The van der Waals surface area contributed by atoms with Gasteiger partial charge in [-0.2, -0.15) is 0 Å². The summed E-state index contributed by atoms with van der Waals surface area (Å²) in [5.74, 6) is -5.65. The summed E-state index contributed by atoms with van der Waals surface area (Å²) in [6.45, 7) is -0.894. The molecule has 0 atom stereocenters. The number of benzene rings is 2. The van der Waals surface area contributed by atoms with E-state index in [4.69, 9.17) is 5.11 Å². The van der Waals surface area contributed by atoms with Crippen LogP contribution in [0.5, 0.6) is 0 Å². The van der Waals surface area contributed by atoms with Crippen molar-refractivity contribution in [1.82, 2.24) is 9.13 Å². The second-order valence-electron chi connectivity index (χ2n) is 6.73. The maximum absolute atomic E-state index is 14.1. The highest BCUT2D eigenvalue weighted by molar-refractivity contribution is 6.07. The topological polar surface area (TPSA) is 119 Å². The summed E-state index contributed by atoms with van der Waals surface area (Å²) < 4.78 is 29.7. The molecule has 2 N–H and O–H groups in total. The molecule has 164 valence electrons. The Morgan fingerprint density at radius 3 is 1.94 bits per heavy atom. The lowest BCUT2D eigenvalue weighted by Crippen LogP contribution is -2.42. The lowest BCUT2D eigenvalue weighted by Gasteiger charge is -2.13. The van der Waals surface area contributed by atoms with Gasteiger partial charge in [0.05, 0.1) is 13.1 Å². The molecule has 0 aliphatic carbocycles. The van der Waals surface area contributed by atoms with Crippen molar-refractivity contribution in [3.05, 3.63) is 116 Å². The Morgan fingerprint density at radius 2 is 1.41 bits per heavy atom. The van der Waals surface area contributed by atoms with Gasteiger partial charge in [0.2, 0.25) is 5.76 Å². The maximum Gasteiger partial charge on any atom is 0.371 e. The zero-order valence-electron chi connectivity index (χ0n) is 16.4. The number of carboxylic acids is 1. The SMILES string of the molecule is O=C(O)/C(O)=C/C(=O)c1cn(Cc2ccccc2F)c(=O)n(Cc2ccccc2F)c1=O. The number of nitrogens with zero attached hydrogens (tertiary/aromatic N) is 2. The number of carboxylic acid groups (broad SMARTS) is 1. The van der Waals surface area contributed by atoms with Gasteiger partial charge in [0.25, 0.3) is 5.56 Å². The standard InChI is InChI=1S/C22H16F2N2O6/c23-16-7-3-1-5-13(16)10-25-12-15(18(27)9-19(28)21(30)31)20(29)26(22(25)32)11-14-6-2-4-8-17(14)24/h1-9,12,28H,10-11H2,(H,30,31)/b19-9-. The largest absolute Gasteiger partial charge is 0.502 e. The van der Waals surface area contributed by atoms with Crippen LogP contribution in [0.1, 0.15) is 21.5 Å². The number of carbonyl (C=O) groups excluding carboxylic acids is 1. The number of hydrogen-bond donors (Lipinski definition) is 2. The summed E-state index contributed by atoms with van der Waals surface area (Å²) in [6.07, 6.45) is 1.16. The molecule has 0 bridgehead atoms. The van der Waals surface area contributed by atoms with Gasteiger partial charge in [-0.15, -0.1) is 0 Å². The van der Waals surface area contributed by atoms with E-state index in [2.05, 4.69) is 0 Å². The van der Waals surface area contributed by atoms with E-state index < -0.39 is 52.5 Å². The first-order chi connectivity index (χ1) is 15.2. The van der Waals surface area contributed by atoms with E-state index in [9.17, 15) is 33.1 Å². The normalized spacial score (nSPS) is 11.4. The second kappa shape index (κ2) is 9.21. The van der Waals surface area contributed by atoms with Crippen molar-refractivity contribution in [3.8, 4) is 0 Å². The van der Waals surface area contributed by atoms with Crippen LogP contribution < -0.4 is 11.2 Å². The number of halogens is 2. The predicted molar refractivity (Wildman–Crippen MR) is 109 cm³/mol. The molecule has 0 saturated carbocycles.